The van der Waals surface area contributed by atoms with Crippen LogP contribution in [0, 0.1) is 5.82 Å². The average Bonchev–Trinajstić information content (AvgIpc) is 3.28. The third-order valence-electron chi connectivity index (χ3n) is 5.24. The molecule has 0 aliphatic carbocycles. The van der Waals surface area contributed by atoms with Crippen molar-refractivity contribution in [2.75, 3.05) is 13.2 Å². The van der Waals surface area contributed by atoms with E-state index in [0.29, 0.717) is 29.6 Å². The Hall–Kier alpha value is -3.26. The monoisotopic (exact) mass is 411 g/mol. The summed E-state index contributed by atoms with van der Waals surface area (Å²) in [7, 11) is 0. The van der Waals surface area contributed by atoms with Crippen molar-refractivity contribution in [3.8, 4) is 0 Å². The molecule has 1 atom stereocenters. The first-order valence-electron chi connectivity index (χ1n) is 9.88. The number of hydrogen-bond acceptors (Lipinski definition) is 4. The van der Waals surface area contributed by atoms with Gasteiger partial charge in [-0.15, -0.1) is 0 Å². The topological polar surface area (TPSA) is 82.3 Å². The van der Waals surface area contributed by atoms with Crippen LogP contribution in [0.15, 0.2) is 58.1 Å². The van der Waals surface area contributed by atoms with E-state index in [0.717, 1.165) is 17.4 Å². The Balaban J connectivity index is 1.67. The van der Waals surface area contributed by atoms with Crippen LogP contribution in [0.3, 0.4) is 0 Å². The summed E-state index contributed by atoms with van der Waals surface area (Å²) in [4.78, 5) is 38.5. The first-order valence-corrected chi connectivity index (χ1v) is 9.88. The van der Waals surface area contributed by atoms with Gasteiger partial charge in [0.25, 0.3) is 5.56 Å². The maximum absolute atomic E-state index is 13.2. The molecular weight excluding hydrogens is 389 g/mol. The Morgan fingerprint density at radius 1 is 1.10 bits per heavy atom. The van der Waals surface area contributed by atoms with E-state index >= 15 is 0 Å². The molecule has 1 saturated heterocycles. The van der Waals surface area contributed by atoms with E-state index in [1.54, 1.807) is 24.3 Å². The number of hydrogen-bond donors (Lipinski definition) is 1. The number of para-hydroxylation sites is 1. The van der Waals surface area contributed by atoms with E-state index in [4.69, 9.17) is 4.74 Å². The second-order valence-corrected chi connectivity index (χ2v) is 7.34. The highest BCUT2D eigenvalue weighted by Crippen LogP contribution is 2.11. The molecule has 0 bridgehead atoms. The number of aromatic nitrogens is 2. The van der Waals surface area contributed by atoms with E-state index in [-0.39, 0.29) is 25.1 Å². The van der Waals surface area contributed by atoms with Gasteiger partial charge in [-0.25, -0.2) is 9.18 Å². The fourth-order valence-corrected chi connectivity index (χ4v) is 3.67. The van der Waals surface area contributed by atoms with Crippen LogP contribution in [-0.4, -0.2) is 34.3 Å². The number of ether oxygens (including phenoxy) is 1. The number of nitrogens with zero attached hydrogens (tertiary/aromatic N) is 2. The number of carbonyl (C=O) groups excluding carboxylic acids is 1. The lowest BCUT2D eigenvalue weighted by Crippen LogP contribution is -2.43. The molecular formula is C22H22FN3O4. The normalized spacial score (nSPS) is 16.1. The highest BCUT2D eigenvalue weighted by atomic mass is 19.1. The Kier molecular flexibility index (Phi) is 5.76. The highest BCUT2D eigenvalue weighted by Gasteiger charge is 2.18. The lowest BCUT2D eigenvalue weighted by atomic mass is 10.2. The van der Waals surface area contributed by atoms with Crippen molar-refractivity contribution in [2.45, 2.75) is 32.0 Å². The Labute approximate surface area is 171 Å². The number of rotatable bonds is 6. The molecule has 1 aliphatic rings. The molecule has 7 nitrogen and oxygen atoms in total. The van der Waals surface area contributed by atoms with E-state index in [2.05, 4.69) is 5.32 Å². The molecule has 1 N–H and O–H groups in total. The summed E-state index contributed by atoms with van der Waals surface area (Å²) >= 11 is 0. The van der Waals surface area contributed by atoms with Crippen LogP contribution in [0.1, 0.15) is 18.4 Å². The van der Waals surface area contributed by atoms with Gasteiger partial charge in [0.15, 0.2) is 0 Å². The van der Waals surface area contributed by atoms with E-state index < -0.39 is 17.1 Å². The lowest BCUT2D eigenvalue weighted by Gasteiger charge is -2.15. The van der Waals surface area contributed by atoms with E-state index in [9.17, 15) is 18.8 Å². The fourth-order valence-electron chi connectivity index (χ4n) is 3.67. The van der Waals surface area contributed by atoms with Gasteiger partial charge < -0.3 is 10.1 Å². The predicted octanol–water partition coefficient (Wildman–Crippen LogP) is 1.65. The Bertz CT molecular complexity index is 1180. The molecule has 1 aliphatic heterocycles. The molecule has 1 amide bonds. The molecule has 8 heteroatoms. The summed E-state index contributed by atoms with van der Waals surface area (Å²) in [5.41, 5.74) is -0.0263. The van der Waals surface area contributed by atoms with Gasteiger partial charge in [0.05, 0.1) is 23.6 Å². The summed E-state index contributed by atoms with van der Waals surface area (Å²) in [6.45, 7) is 0.857. The summed E-state index contributed by atoms with van der Waals surface area (Å²) in [5, 5.41) is 3.14. The molecule has 30 heavy (non-hydrogen) atoms. The average molecular weight is 411 g/mol. The number of amides is 1. The number of benzene rings is 2. The van der Waals surface area contributed by atoms with Gasteiger partial charge in [-0.2, -0.15) is 0 Å². The van der Waals surface area contributed by atoms with Crippen molar-refractivity contribution in [3.63, 3.8) is 0 Å². The molecule has 156 valence electrons. The van der Waals surface area contributed by atoms with Gasteiger partial charge >= 0.3 is 5.69 Å². The van der Waals surface area contributed by atoms with Gasteiger partial charge in [-0.3, -0.25) is 18.7 Å². The zero-order chi connectivity index (χ0) is 21.1. The van der Waals surface area contributed by atoms with Gasteiger partial charge in [-0.05, 0) is 42.7 Å². The Morgan fingerprint density at radius 2 is 1.87 bits per heavy atom. The van der Waals surface area contributed by atoms with Crippen LogP contribution in [0.2, 0.25) is 0 Å². The third-order valence-corrected chi connectivity index (χ3v) is 5.24. The smallest absolute Gasteiger partial charge is 0.332 e. The van der Waals surface area contributed by atoms with Crippen LogP contribution >= 0.6 is 0 Å². The summed E-state index contributed by atoms with van der Waals surface area (Å²) in [5.74, 6) is -0.727. The van der Waals surface area contributed by atoms with Gasteiger partial charge in [0, 0.05) is 13.2 Å². The lowest BCUT2D eigenvalue weighted by molar-refractivity contribution is -0.122. The molecule has 0 saturated carbocycles. The maximum atomic E-state index is 13.2. The first kappa shape index (κ1) is 20.0. The third kappa shape index (κ3) is 4.18. The maximum Gasteiger partial charge on any atom is 0.332 e. The molecule has 0 radical (unpaired) electrons. The summed E-state index contributed by atoms with van der Waals surface area (Å²) in [6, 6.07) is 12.3. The Morgan fingerprint density at radius 3 is 2.60 bits per heavy atom. The van der Waals surface area contributed by atoms with E-state index in [1.165, 1.54) is 28.8 Å². The largest absolute Gasteiger partial charge is 0.376 e. The molecule has 1 fully saturated rings. The zero-order valence-electron chi connectivity index (χ0n) is 16.3. The van der Waals surface area contributed by atoms with Crippen molar-refractivity contribution in [3.05, 3.63) is 80.7 Å². The van der Waals surface area contributed by atoms with Crippen molar-refractivity contribution in [1.29, 1.82) is 0 Å². The standard InChI is InChI=1S/C22H22FN3O4/c23-16-9-7-15(8-10-16)13-26-21(28)18-5-1-2-6-19(18)25(22(26)29)14-20(27)24-12-17-4-3-11-30-17/h1-2,5-10,17H,3-4,11-14H2,(H,24,27)/t17-/m0/s1. The van der Waals surface area contributed by atoms with Crippen molar-refractivity contribution in [1.82, 2.24) is 14.5 Å². The second kappa shape index (κ2) is 8.62. The molecule has 2 heterocycles. The fraction of sp³-hybridized carbons (Fsp3) is 0.318. The quantitative estimate of drug-likeness (QED) is 0.669. The molecule has 4 rings (SSSR count). The van der Waals surface area contributed by atoms with Gasteiger partial charge in [0.2, 0.25) is 5.91 Å². The van der Waals surface area contributed by atoms with Crippen LogP contribution in [0.5, 0.6) is 0 Å². The van der Waals surface area contributed by atoms with Crippen molar-refractivity contribution in [2.24, 2.45) is 0 Å². The molecule has 0 unspecified atom stereocenters. The highest BCUT2D eigenvalue weighted by molar-refractivity contribution is 5.81. The van der Waals surface area contributed by atoms with Gasteiger partial charge in [-0.1, -0.05) is 24.3 Å². The predicted molar refractivity (Wildman–Crippen MR) is 110 cm³/mol. The first-order chi connectivity index (χ1) is 14.5. The van der Waals surface area contributed by atoms with Crippen LogP contribution < -0.4 is 16.6 Å². The minimum Gasteiger partial charge on any atom is -0.376 e. The minimum atomic E-state index is -0.588. The summed E-state index contributed by atoms with van der Waals surface area (Å²) in [6.07, 6.45) is 1.86. The van der Waals surface area contributed by atoms with Gasteiger partial charge in [0.1, 0.15) is 12.4 Å². The number of nitrogens with one attached hydrogen (secondary N) is 1. The van der Waals surface area contributed by atoms with Crippen LogP contribution in [-0.2, 0) is 22.6 Å². The zero-order valence-corrected chi connectivity index (χ0v) is 16.3. The van der Waals surface area contributed by atoms with E-state index in [1.807, 2.05) is 0 Å². The number of carbonyl (C=O) groups is 1. The molecule has 2 aromatic carbocycles. The van der Waals surface area contributed by atoms with Crippen molar-refractivity contribution < 1.29 is 13.9 Å². The van der Waals surface area contributed by atoms with Crippen LogP contribution in [0.25, 0.3) is 10.9 Å². The molecule has 0 spiro atoms. The molecule has 1 aromatic heterocycles. The SMILES string of the molecule is O=C(Cn1c(=O)n(Cc2ccc(F)cc2)c(=O)c2ccccc21)NC[C@@H]1CCCO1. The number of halogens is 1. The minimum absolute atomic E-state index is 0.00477. The second-order valence-electron chi connectivity index (χ2n) is 7.34. The van der Waals surface area contributed by atoms with Crippen LogP contribution in [0.4, 0.5) is 4.39 Å². The van der Waals surface area contributed by atoms with Crippen molar-refractivity contribution >= 4 is 16.8 Å². The molecule has 3 aromatic rings. The summed E-state index contributed by atoms with van der Waals surface area (Å²) < 4.78 is 21.1. The number of fused-ring (bicyclic) bond motifs is 1.